The molecule has 1 saturated heterocycles. The van der Waals surface area contributed by atoms with Gasteiger partial charge in [0.15, 0.2) is 0 Å². The second-order valence-corrected chi connectivity index (χ2v) is 10.0. The number of ether oxygens (including phenoxy) is 1. The topological polar surface area (TPSA) is 84.0 Å². The van der Waals surface area contributed by atoms with Crippen LogP contribution in [0.1, 0.15) is 6.92 Å². The van der Waals surface area contributed by atoms with Crippen molar-refractivity contribution >= 4 is 36.0 Å². The van der Waals surface area contributed by atoms with Crippen molar-refractivity contribution in [1.82, 2.24) is 8.61 Å². The monoisotopic (exact) mass is 426 g/mol. The van der Waals surface area contributed by atoms with E-state index in [-0.39, 0.29) is 36.8 Å². The van der Waals surface area contributed by atoms with Gasteiger partial charge in [-0.15, -0.1) is 0 Å². The number of rotatable bonds is 5. The van der Waals surface area contributed by atoms with Crippen molar-refractivity contribution in [2.45, 2.75) is 11.8 Å². The minimum atomic E-state index is -3.66. The van der Waals surface area contributed by atoms with Crippen LogP contribution >= 0.6 is 15.9 Å². The number of nitrogens with zero attached hydrogens (tertiary/aromatic N) is 2. The molecule has 0 spiro atoms. The van der Waals surface area contributed by atoms with E-state index in [1.54, 1.807) is 13.0 Å². The molecule has 1 heterocycles. The lowest BCUT2D eigenvalue weighted by Crippen LogP contribution is -2.50. The van der Waals surface area contributed by atoms with Crippen LogP contribution in [0.5, 0.6) is 5.75 Å². The summed E-state index contributed by atoms with van der Waals surface area (Å²) < 4.78 is 57.3. The van der Waals surface area contributed by atoms with E-state index in [0.29, 0.717) is 10.2 Å². The van der Waals surface area contributed by atoms with Crippen LogP contribution in [-0.4, -0.2) is 64.5 Å². The number of hydrogen-bond acceptors (Lipinski definition) is 5. The molecule has 130 valence electrons. The first-order valence-electron chi connectivity index (χ1n) is 7.04. The summed E-state index contributed by atoms with van der Waals surface area (Å²) in [5.41, 5.74) is 0. The fraction of sp³-hybridized carbons (Fsp3) is 0.538. The molecule has 23 heavy (non-hydrogen) atoms. The van der Waals surface area contributed by atoms with Crippen molar-refractivity contribution in [3.63, 3.8) is 0 Å². The van der Waals surface area contributed by atoms with E-state index in [9.17, 15) is 16.8 Å². The highest BCUT2D eigenvalue weighted by Crippen LogP contribution is 2.29. The third-order valence-electron chi connectivity index (χ3n) is 3.72. The largest absolute Gasteiger partial charge is 0.496 e. The molecule has 2 rings (SSSR count). The lowest BCUT2D eigenvalue weighted by atomic mass is 10.3. The van der Waals surface area contributed by atoms with Gasteiger partial charge < -0.3 is 4.74 Å². The van der Waals surface area contributed by atoms with Crippen molar-refractivity contribution in [1.29, 1.82) is 0 Å². The third-order valence-corrected chi connectivity index (χ3v) is 8.11. The van der Waals surface area contributed by atoms with Crippen molar-refractivity contribution in [3.05, 3.63) is 22.7 Å². The molecule has 0 saturated carbocycles. The molecule has 0 radical (unpaired) electrons. The van der Waals surface area contributed by atoms with Gasteiger partial charge in [0.2, 0.25) is 20.0 Å². The number of halogens is 1. The van der Waals surface area contributed by atoms with E-state index < -0.39 is 20.0 Å². The van der Waals surface area contributed by atoms with Crippen LogP contribution in [0.25, 0.3) is 0 Å². The molecular formula is C13H19BrN2O5S2. The Morgan fingerprint density at radius 2 is 1.65 bits per heavy atom. The summed E-state index contributed by atoms with van der Waals surface area (Å²) in [6, 6.07) is 4.55. The fourth-order valence-electron chi connectivity index (χ4n) is 2.33. The summed E-state index contributed by atoms with van der Waals surface area (Å²) in [6.45, 7) is 2.21. The minimum Gasteiger partial charge on any atom is -0.496 e. The number of methoxy groups -OCH3 is 1. The van der Waals surface area contributed by atoms with E-state index in [2.05, 4.69) is 15.9 Å². The molecule has 7 nitrogen and oxygen atoms in total. The summed E-state index contributed by atoms with van der Waals surface area (Å²) >= 11 is 3.27. The molecular weight excluding hydrogens is 408 g/mol. The number of piperazine rings is 1. The quantitative estimate of drug-likeness (QED) is 0.703. The number of sulfonamides is 2. The van der Waals surface area contributed by atoms with E-state index >= 15 is 0 Å². The Hall–Kier alpha value is -0.680. The Bertz CT molecular complexity index is 772. The lowest BCUT2D eigenvalue weighted by Gasteiger charge is -2.33. The van der Waals surface area contributed by atoms with E-state index in [1.165, 1.54) is 27.9 Å². The molecule has 0 aliphatic carbocycles. The zero-order valence-corrected chi connectivity index (χ0v) is 16.1. The Kier molecular flexibility index (Phi) is 5.72. The molecule has 0 aromatic heterocycles. The molecule has 1 aromatic carbocycles. The van der Waals surface area contributed by atoms with Crippen LogP contribution in [0, 0.1) is 0 Å². The summed E-state index contributed by atoms with van der Waals surface area (Å²) in [7, 11) is -5.44. The van der Waals surface area contributed by atoms with Crippen LogP contribution in [-0.2, 0) is 20.0 Å². The van der Waals surface area contributed by atoms with Crippen LogP contribution < -0.4 is 4.74 Å². The van der Waals surface area contributed by atoms with Crippen molar-refractivity contribution in [2.24, 2.45) is 0 Å². The molecule has 10 heteroatoms. The van der Waals surface area contributed by atoms with Gasteiger partial charge in [-0.1, -0.05) is 0 Å². The van der Waals surface area contributed by atoms with Gasteiger partial charge in [0, 0.05) is 26.2 Å². The molecule has 1 aliphatic heterocycles. The Morgan fingerprint density at radius 3 is 2.13 bits per heavy atom. The fourth-order valence-corrected chi connectivity index (χ4v) is 5.55. The van der Waals surface area contributed by atoms with E-state index in [0.717, 1.165) is 0 Å². The maximum atomic E-state index is 12.7. The third kappa shape index (κ3) is 3.87. The van der Waals surface area contributed by atoms with Gasteiger partial charge in [-0.2, -0.15) is 8.61 Å². The smallest absolute Gasteiger partial charge is 0.243 e. The maximum absolute atomic E-state index is 12.7. The number of benzene rings is 1. The molecule has 0 amide bonds. The van der Waals surface area contributed by atoms with Crippen molar-refractivity contribution in [3.8, 4) is 5.75 Å². The SMILES string of the molecule is CCS(=O)(=O)N1CCN(S(=O)(=O)c2ccc(OC)c(Br)c2)CC1. The van der Waals surface area contributed by atoms with Crippen LogP contribution in [0.15, 0.2) is 27.6 Å². The average Bonchev–Trinajstić information content (AvgIpc) is 2.54. The standard InChI is InChI=1S/C13H19BrN2O5S2/c1-3-22(17,18)15-6-8-16(9-7-15)23(19,20)11-4-5-13(21-2)12(14)10-11/h4-5,10H,3,6-9H2,1-2H3. The predicted octanol–water partition coefficient (Wildman–Crippen LogP) is 1.11. The first-order chi connectivity index (χ1) is 10.7. The molecule has 1 aliphatic rings. The van der Waals surface area contributed by atoms with E-state index in [4.69, 9.17) is 4.74 Å². The Morgan fingerprint density at radius 1 is 1.09 bits per heavy atom. The molecule has 0 bridgehead atoms. The summed E-state index contributed by atoms with van der Waals surface area (Å²) in [4.78, 5) is 0.150. The zero-order chi connectivity index (χ0) is 17.3. The highest BCUT2D eigenvalue weighted by atomic mass is 79.9. The van der Waals surface area contributed by atoms with Gasteiger partial charge in [-0.05, 0) is 41.1 Å². The summed E-state index contributed by atoms with van der Waals surface area (Å²) in [5, 5.41) is 0. The molecule has 0 unspecified atom stereocenters. The lowest BCUT2D eigenvalue weighted by molar-refractivity contribution is 0.273. The Balaban J connectivity index is 2.18. The second-order valence-electron chi connectivity index (χ2n) is 5.00. The van der Waals surface area contributed by atoms with Gasteiger partial charge in [-0.3, -0.25) is 0 Å². The summed E-state index contributed by atoms with van der Waals surface area (Å²) in [6.07, 6.45) is 0. The molecule has 1 aromatic rings. The van der Waals surface area contributed by atoms with Crippen LogP contribution in [0.2, 0.25) is 0 Å². The average molecular weight is 427 g/mol. The number of hydrogen-bond donors (Lipinski definition) is 0. The summed E-state index contributed by atoms with van der Waals surface area (Å²) in [5.74, 6) is 0.563. The Labute approximate surface area is 145 Å². The van der Waals surface area contributed by atoms with Gasteiger partial charge in [0.05, 0.1) is 22.2 Å². The molecule has 1 fully saturated rings. The second kappa shape index (κ2) is 7.06. The predicted molar refractivity (Wildman–Crippen MR) is 90.5 cm³/mol. The molecule has 0 N–H and O–H groups in total. The van der Waals surface area contributed by atoms with Gasteiger partial charge in [-0.25, -0.2) is 16.8 Å². The first-order valence-corrected chi connectivity index (χ1v) is 10.9. The zero-order valence-electron chi connectivity index (χ0n) is 12.9. The minimum absolute atomic E-state index is 0.0190. The van der Waals surface area contributed by atoms with Gasteiger partial charge >= 0.3 is 0 Å². The van der Waals surface area contributed by atoms with Crippen molar-refractivity contribution in [2.75, 3.05) is 39.0 Å². The highest BCUT2D eigenvalue weighted by molar-refractivity contribution is 9.10. The normalized spacial score (nSPS) is 18.0. The molecule has 0 atom stereocenters. The van der Waals surface area contributed by atoms with Crippen LogP contribution in [0.4, 0.5) is 0 Å². The maximum Gasteiger partial charge on any atom is 0.243 e. The van der Waals surface area contributed by atoms with Crippen LogP contribution in [0.3, 0.4) is 0 Å². The van der Waals surface area contributed by atoms with Gasteiger partial charge in [0.1, 0.15) is 5.75 Å². The van der Waals surface area contributed by atoms with E-state index in [1.807, 2.05) is 0 Å². The first kappa shape index (κ1) is 18.7. The van der Waals surface area contributed by atoms with Gasteiger partial charge in [0.25, 0.3) is 0 Å². The highest BCUT2D eigenvalue weighted by Gasteiger charge is 2.32. The van der Waals surface area contributed by atoms with Crippen molar-refractivity contribution < 1.29 is 21.6 Å².